The summed E-state index contributed by atoms with van der Waals surface area (Å²) in [6, 6.07) is 10.4. The predicted molar refractivity (Wildman–Crippen MR) is 151 cm³/mol. The van der Waals surface area contributed by atoms with Gasteiger partial charge in [-0.2, -0.15) is 5.10 Å². The van der Waals surface area contributed by atoms with E-state index in [4.69, 9.17) is 9.47 Å². The monoisotopic (exact) mass is 548 g/mol. The van der Waals surface area contributed by atoms with E-state index in [1.165, 1.54) is 6.07 Å². The summed E-state index contributed by atoms with van der Waals surface area (Å²) in [4.78, 5) is 28.6. The Morgan fingerprint density at radius 3 is 2.45 bits per heavy atom. The number of piperidine rings is 1. The Bertz CT molecular complexity index is 1400. The smallest absolute Gasteiger partial charge is 0.410 e. The van der Waals surface area contributed by atoms with Crippen molar-refractivity contribution < 1.29 is 23.5 Å². The number of carbonyl (C=O) groups excluding carboxylic acids is 2. The fourth-order valence-corrected chi connectivity index (χ4v) is 5.58. The molecule has 0 unspecified atom stereocenters. The number of para-hydroxylation sites is 1. The summed E-state index contributed by atoms with van der Waals surface area (Å²) in [6.45, 7) is 10.4. The average Bonchev–Trinajstić information content (AvgIpc) is 3.39. The van der Waals surface area contributed by atoms with E-state index in [9.17, 15) is 14.0 Å². The number of halogens is 1. The molecule has 2 amide bonds. The molecule has 1 atom stereocenters. The number of hydrogen-bond acceptors (Lipinski definition) is 5. The van der Waals surface area contributed by atoms with Gasteiger partial charge in [-0.1, -0.05) is 12.1 Å². The molecule has 3 aromatic rings. The van der Waals surface area contributed by atoms with E-state index in [2.05, 4.69) is 5.10 Å². The first-order valence-corrected chi connectivity index (χ1v) is 13.9. The van der Waals surface area contributed by atoms with Crippen LogP contribution in [0.25, 0.3) is 11.1 Å². The lowest BCUT2D eigenvalue weighted by Gasteiger charge is -2.36. The lowest BCUT2D eigenvalue weighted by molar-refractivity contribution is -0.117. The lowest BCUT2D eigenvalue weighted by atomic mass is 9.92. The number of aromatic nitrogens is 2. The highest BCUT2D eigenvalue weighted by atomic mass is 19.1. The van der Waals surface area contributed by atoms with Crippen molar-refractivity contribution in [3.63, 3.8) is 0 Å². The Balaban J connectivity index is 1.44. The van der Waals surface area contributed by atoms with Gasteiger partial charge in [0.1, 0.15) is 11.4 Å². The Morgan fingerprint density at radius 1 is 1.05 bits per heavy atom. The van der Waals surface area contributed by atoms with Gasteiger partial charge < -0.3 is 19.3 Å². The summed E-state index contributed by atoms with van der Waals surface area (Å²) in [5.74, 6) is 0.182. The number of hydrogen-bond donors (Lipinski definition) is 0. The highest BCUT2D eigenvalue weighted by molar-refractivity contribution is 5.95. The van der Waals surface area contributed by atoms with Crippen LogP contribution in [0.3, 0.4) is 0 Å². The van der Waals surface area contributed by atoms with E-state index in [1.807, 2.05) is 50.7 Å². The second-order valence-corrected chi connectivity index (χ2v) is 11.7. The molecule has 212 valence electrons. The molecule has 1 aromatic heterocycles. The summed E-state index contributed by atoms with van der Waals surface area (Å²) in [6.07, 6.45) is 6.49. The van der Waals surface area contributed by atoms with Crippen LogP contribution in [0.1, 0.15) is 65.5 Å². The number of nitrogens with zero attached hydrogens (tertiary/aromatic N) is 4. The van der Waals surface area contributed by atoms with Gasteiger partial charge in [0.25, 0.3) is 0 Å². The van der Waals surface area contributed by atoms with Crippen LogP contribution < -0.4 is 9.64 Å². The summed E-state index contributed by atoms with van der Waals surface area (Å²) in [7, 11) is 0. The predicted octanol–water partition coefficient (Wildman–Crippen LogP) is 6.74. The Labute approximate surface area is 234 Å². The van der Waals surface area contributed by atoms with E-state index in [0.29, 0.717) is 25.3 Å². The highest BCUT2D eigenvalue weighted by Gasteiger charge is 2.31. The Morgan fingerprint density at radius 2 is 1.77 bits per heavy atom. The molecule has 40 heavy (non-hydrogen) atoms. The topological polar surface area (TPSA) is 76.9 Å². The van der Waals surface area contributed by atoms with E-state index in [-0.39, 0.29) is 29.8 Å². The number of rotatable bonds is 4. The van der Waals surface area contributed by atoms with Gasteiger partial charge in [0.2, 0.25) is 5.91 Å². The van der Waals surface area contributed by atoms with Gasteiger partial charge >= 0.3 is 6.09 Å². The molecule has 0 radical (unpaired) electrons. The largest absolute Gasteiger partial charge is 0.453 e. The molecule has 0 spiro atoms. The zero-order valence-electron chi connectivity index (χ0n) is 23.8. The standard InChI is InChI=1S/C31H37FN4O4/c1-20-10-11-25-27(36(20)21(2)37)13-12-24(29(25)39-28-9-7-6-8-26(28)32)22-18-33-35(19-22)23-14-16-34(17-15-23)30(38)40-31(3,4)5/h6-9,12-13,18-20,23H,10-11,14-17H2,1-5H3/t20-/m0/s1. The van der Waals surface area contributed by atoms with Crippen LogP contribution in [0.15, 0.2) is 48.8 Å². The number of likely N-dealkylation sites (tertiary alicyclic amines) is 1. The third-order valence-corrected chi connectivity index (χ3v) is 7.54. The Kier molecular flexibility index (Phi) is 7.57. The number of ether oxygens (including phenoxy) is 2. The minimum Gasteiger partial charge on any atom is -0.453 e. The second-order valence-electron chi connectivity index (χ2n) is 11.7. The normalized spacial score (nSPS) is 17.9. The minimum absolute atomic E-state index is 0.0383. The Hall–Kier alpha value is -3.88. The van der Waals surface area contributed by atoms with Gasteiger partial charge in [0, 0.05) is 48.9 Å². The number of anilines is 1. The van der Waals surface area contributed by atoms with Gasteiger partial charge in [-0.05, 0) is 77.6 Å². The third kappa shape index (κ3) is 5.69. The van der Waals surface area contributed by atoms with Gasteiger partial charge in [-0.15, -0.1) is 0 Å². The molecule has 5 rings (SSSR count). The molecular weight excluding hydrogens is 511 g/mol. The van der Waals surface area contributed by atoms with E-state index in [0.717, 1.165) is 41.6 Å². The van der Waals surface area contributed by atoms with Crippen molar-refractivity contribution in [2.45, 2.75) is 78.0 Å². The maximum Gasteiger partial charge on any atom is 0.410 e. The summed E-state index contributed by atoms with van der Waals surface area (Å²) < 4.78 is 28.4. The molecule has 0 saturated carbocycles. The zero-order chi connectivity index (χ0) is 28.6. The first-order chi connectivity index (χ1) is 19.0. The summed E-state index contributed by atoms with van der Waals surface area (Å²) in [5, 5.41) is 4.67. The number of benzene rings is 2. The highest BCUT2D eigenvalue weighted by Crippen LogP contribution is 2.45. The fraction of sp³-hybridized carbons (Fsp3) is 0.452. The number of carbonyl (C=O) groups is 2. The van der Waals surface area contributed by atoms with Gasteiger partial charge in [0.05, 0.1) is 17.9 Å². The molecule has 2 aromatic carbocycles. The first kappa shape index (κ1) is 27.7. The van der Waals surface area contributed by atoms with E-state index < -0.39 is 11.4 Å². The van der Waals surface area contributed by atoms with Crippen LogP contribution in [0, 0.1) is 5.82 Å². The van der Waals surface area contributed by atoms with Crippen molar-refractivity contribution in [1.29, 1.82) is 0 Å². The SMILES string of the molecule is CC(=O)N1c2ccc(-c3cnn(C4CCN(C(=O)OC(C)(C)C)CC4)c3)c(Oc3ccccc3F)c2CC[C@@H]1C. The number of fused-ring (bicyclic) bond motifs is 1. The molecule has 2 aliphatic rings. The van der Waals surface area contributed by atoms with Gasteiger partial charge in [-0.3, -0.25) is 9.48 Å². The van der Waals surface area contributed by atoms with Crippen molar-refractivity contribution >= 4 is 17.7 Å². The maximum absolute atomic E-state index is 14.7. The molecule has 9 heteroatoms. The molecule has 0 aliphatic carbocycles. The summed E-state index contributed by atoms with van der Waals surface area (Å²) >= 11 is 0. The average molecular weight is 549 g/mol. The van der Waals surface area contributed by atoms with Crippen molar-refractivity contribution in [1.82, 2.24) is 14.7 Å². The molecule has 3 heterocycles. The zero-order valence-corrected chi connectivity index (χ0v) is 23.8. The second kappa shape index (κ2) is 10.9. The lowest BCUT2D eigenvalue weighted by Crippen LogP contribution is -2.42. The van der Waals surface area contributed by atoms with Crippen LogP contribution in [0.2, 0.25) is 0 Å². The molecule has 1 fully saturated rings. The van der Waals surface area contributed by atoms with Crippen LogP contribution in [0.4, 0.5) is 14.9 Å². The number of amides is 2. The minimum atomic E-state index is -0.526. The molecule has 0 N–H and O–H groups in total. The first-order valence-electron chi connectivity index (χ1n) is 13.9. The molecule has 2 aliphatic heterocycles. The molecule has 1 saturated heterocycles. The van der Waals surface area contributed by atoms with E-state index >= 15 is 0 Å². The van der Waals surface area contributed by atoms with Crippen LogP contribution in [0.5, 0.6) is 11.5 Å². The van der Waals surface area contributed by atoms with Crippen molar-refractivity contribution in [3.05, 3.63) is 60.2 Å². The van der Waals surface area contributed by atoms with Gasteiger partial charge in [0.15, 0.2) is 11.6 Å². The van der Waals surface area contributed by atoms with Crippen LogP contribution in [-0.2, 0) is 16.0 Å². The summed E-state index contributed by atoms with van der Waals surface area (Å²) in [5.41, 5.74) is 2.78. The maximum atomic E-state index is 14.7. The fourth-order valence-electron chi connectivity index (χ4n) is 5.58. The molecule has 0 bridgehead atoms. The van der Waals surface area contributed by atoms with Crippen LogP contribution in [-0.4, -0.2) is 51.4 Å². The van der Waals surface area contributed by atoms with Crippen molar-refractivity contribution in [2.24, 2.45) is 0 Å². The van der Waals surface area contributed by atoms with Gasteiger partial charge in [-0.25, -0.2) is 9.18 Å². The van der Waals surface area contributed by atoms with Crippen molar-refractivity contribution in [3.8, 4) is 22.6 Å². The molecular formula is C31H37FN4O4. The van der Waals surface area contributed by atoms with Crippen molar-refractivity contribution in [2.75, 3.05) is 18.0 Å². The van der Waals surface area contributed by atoms with Crippen LogP contribution >= 0.6 is 0 Å². The molecule has 8 nitrogen and oxygen atoms in total. The quantitative estimate of drug-likeness (QED) is 0.361. The third-order valence-electron chi connectivity index (χ3n) is 7.54. The van der Waals surface area contributed by atoms with E-state index in [1.54, 1.807) is 41.1 Å².